The van der Waals surface area contributed by atoms with E-state index in [-0.39, 0.29) is 11.9 Å². The number of hydrogen-bond acceptors (Lipinski definition) is 5. The molecular weight excluding hydrogens is 445 g/mol. The Hall–Kier alpha value is -2.67. The topological polar surface area (TPSA) is 52.6 Å². The third-order valence-electron chi connectivity index (χ3n) is 5.68. The van der Waals surface area contributed by atoms with E-state index in [2.05, 4.69) is 26.3 Å². The molecule has 1 fully saturated rings. The molecule has 2 heterocycles. The lowest BCUT2D eigenvalue weighted by atomic mass is 10.0. The van der Waals surface area contributed by atoms with Crippen molar-refractivity contribution in [2.45, 2.75) is 6.04 Å². The SMILES string of the molecule is C=CC(=O)N1CCN(c2ncnc3cc(Cl)c(-c4ccc(Cl)cc4)cc23)C(CN(C)C)C1. The van der Waals surface area contributed by atoms with Crippen LogP contribution >= 0.6 is 23.2 Å². The lowest BCUT2D eigenvalue weighted by Gasteiger charge is -2.43. The van der Waals surface area contributed by atoms with Crippen molar-refractivity contribution in [3.8, 4) is 11.1 Å². The number of nitrogens with zero attached hydrogens (tertiary/aromatic N) is 5. The van der Waals surface area contributed by atoms with Crippen LogP contribution in [0.2, 0.25) is 10.0 Å². The summed E-state index contributed by atoms with van der Waals surface area (Å²) in [7, 11) is 4.06. The third kappa shape index (κ3) is 4.58. The van der Waals surface area contributed by atoms with Crippen molar-refractivity contribution in [1.29, 1.82) is 0 Å². The number of halogens is 2. The largest absolute Gasteiger partial charge is 0.348 e. The number of aromatic nitrogens is 2. The molecule has 0 spiro atoms. The van der Waals surface area contributed by atoms with Gasteiger partial charge in [-0.15, -0.1) is 0 Å². The molecule has 1 aliphatic rings. The fourth-order valence-electron chi connectivity index (χ4n) is 4.18. The number of anilines is 1. The number of carbonyl (C=O) groups excluding carboxylic acids is 1. The Morgan fingerprint density at radius 1 is 1.19 bits per heavy atom. The van der Waals surface area contributed by atoms with Gasteiger partial charge in [0.05, 0.1) is 16.6 Å². The van der Waals surface area contributed by atoms with Gasteiger partial charge >= 0.3 is 0 Å². The number of piperazine rings is 1. The van der Waals surface area contributed by atoms with Crippen molar-refractivity contribution in [1.82, 2.24) is 19.8 Å². The lowest BCUT2D eigenvalue weighted by molar-refractivity contribution is -0.126. The van der Waals surface area contributed by atoms with Crippen molar-refractivity contribution >= 4 is 45.8 Å². The molecule has 2 aromatic carbocycles. The first kappa shape index (κ1) is 22.5. The lowest BCUT2D eigenvalue weighted by Crippen LogP contribution is -2.58. The van der Waals surface area contributed by atoms with Crippen LogP contribution in [0.5, 0.6) is 0 Å². The van der Waals surface area contributed by atoms with Crippen LogP contribution in [0.15, 0.2) is 55.4 Å². The van der Waals surface area contributed by atoms with E-state index < -0.39 is 0 Å². The summed E-state index contributed by atoms with van der Waals surface area (Å²) in [6.45, 7) is 6.30. The highest BCUT2D eigenvalue weighted by atomic mass is 35.5. The van der Waals surface area contributed by atoms with Crippen LogP contribution in [0, 0.1) is 0 Å². The quantitative estimate of drug-likeness (QED) is 0.519. The zero-order valence-electron chi connectivity index (χ0n) is 18.1. The fourth-order valence-corrected chi connectivity index (χ4v) is 4.58. The van der Waals surface area contributed by atoms with Crippen LogP contribution in [-0.4, -0.2) is 72.0 Å². The Kier molecular flexibility index (Phi) is 6.65. The highest BCUT2D eigenvalue weighted by molar-refractivity contribution is 6.34. The molecule has 8 heteroatoms. The van der Waals surface area contributed by atoms with Gasteiger partial charge < -0.3 is 14.7 Å². The van der Waals surface area contributed by atoms with Crippen molar-refractivity contribution < 1.29 is 4.79 Å². The standard InChI is InChI=1S/C24H25Cl2N5O/c1-4-23(32)30-9-10-31(18(14-30)13-29(2)3)24-20-11-19(16-5-7-17(25)8-6-16)21(26)12-22(20)27-15-28-24/h4-8,11-12,15,18H,1,9-10,13-14H2,2-3H3. The van der Waals surface area contributed by atoms with Crippen molar-refractivity contribution in [2.24, 2.45) is 0 Å². The Bertz CT molecular complexity index is 1150. The highest BCUT2D eigenvalue weighted by Crippen LogP contribution is 2.36. The molecule has 1 aromatic heterocycles. The van der Waals surface area contributed by atoms with Gasteiger partial charge in [0, 0.05) is 42.2 Å². The number of rotatable bonds is 5. The van der Waals surface area contributed by atoms with Crippen LogP contribution in [0.3, 0.4) is 0 Å². The van der Waals surface area contributed by atoms with Gasteiger partial charge in [-0.25, -0.2) is 9.97 Å². The summed E-state index contributed by atoms with van der Waals surface area (Å²) < 4.78 is 0. The predicted octanol–water partition coefficient (Wildman–Crippen LogP) is 4.37. The van der Waals surface area contributed by atoms with Crippen molar-refractivity contribution in [3.05, 3.63) is 65.4 Å². The molecule has 6 nitrogen and oxygen atoms in total. The van der Waals surface area contributed by atoms with Gasteiger partial charge in [0.2, 0.25) is 5.91 Å². The van der Waals surface area contributed by atoms with Crippen LogP contribution in [0.1, 0.15) is 0 Å². The van der Waals surface area contributed by atoms with Crippen LogP contribution in [0.25, 0.3) is 22.0 Å². The molecule has 0 N–H and O–H groups in total. The molecule has 3 aromatic rings. The van der Waals surface area contributed by atoms with Crippen molar-refractivity contribution in [3.63, 3.8) is 0 Å². The van der Waals surface area contributed by atoms with E-state index >= 15 is 0 Å². The zero-order valence-corrected chi connectivity index (χ0v) is 19.6. The molecule has 166 valence electrons. The van der Waals surface area contributed by atoms with Gasteiger partial charge in [-0.1, -0.05) is 41.9 Å². The summed E-state index contributed by atoms with van der Waals surface area (Å²) in [5.74, 6) is 0.803. The summed E-state index contributed by atoms with van der Waals surface area (Å²) >= 11 is 12.7. The van der Waals surface area contributed by atoms with E-state index in [9.17, 15) is 4.79 Å². The Morgan fingerprint density at radius 2 is 1.94 bits per heavy atom. The monoisotopic (exact) mass is 469 g/mol. The summed E-state index contributed by atoms with van der Waals surface area (Å²) in [6.07, 6.45) is 2.95. The average molecular weight is 470 g/mol. The molecule has 0 saturated carbocycles. The summed E-state index contributed by atoms with van der Waals surface area (Å²) in [6, 6.07) is 11.6. The first-order chi connectivity index (χ1) is 15.4. The maximum Gasteiger partial charge on any atom is 0.246 e. The molecule has 1 amide bonds. The van der Waals surface area contributed by atoms with Gasteiger partial charge in [-0.2, -0.15) is 0 Å². The number of carbonyl (C=O) groups is 1. The maximum atomic E-state index is 12.2. The Morgan fingerprint density at radius 3 is 2.62 bits per heavy atom. The second-order valence-electron chi connectivity index (χ2n) is 8.15. The summed E-state index contributed by atoms with van der Waals surface area (Å²) in [5, 5.41) is 2.22. The van der Waals surface area contributed by atoms with E-state index in [1.165, 1.54) is 6.08 Å². The molecule has 0 bridgehead atoms. The second-order valence-corrected chi connectivity index (χ2v) is 8.99. The van der Waals surface area contributed by atoms with Crippen LogP contribution in [-0.2, 0) is 4.79 Å². The minimum absolute atomic E-state index is 0.0437. The van der Waals surface area contributed by atoms with Gasteiger partial charge in [-0.3, -0.25) is 4.79 Å². The second kappa shape index (κ2) is 9.45. The van der Waals surface area contributed by atoms with Crippen molar-refractivity contribution in [2.75, 3.05) is 45.2 Å². The molecule has 1 saturated heterocycles. The van der Waals surface area contributed by atoms with E-state index in [0.717, 1.165) is 34.4 Å². The molecular formula is C24H25Cl2N5O. The van der Waals surface area contributed by atoms with E-state index in [0.29, 0.717) is 29.7 Å². The highest BCUT2D eigenvalue weighted by Gasteiger charge is 2.31. The van der Waals surface area contributed by atoms with Crippen LogP contribution in [0.4, 0.5) is 5.82 Å². The van der Waals surface area contributed by atoms with Gasteiger partial charge in [0.15, 0.2) is 0 Å². The average Bonchev–Trinajstić information content (AvgIpc) is 2.78. The molecule has 4 rings (SSSR count). The number of benzene rings is 2. The van der Waals surface area contributed by atoms with Gasteiger partial charge in [-0.05, 0) is 50.0 Å². The number of fused-ring (bicyclic) bond motifs is 1. The molecule has 1 aliphatic heterocycles. The first-order valence-electron chi connectivity index (χ1n) is 10.4. The third-order valence-corrected chi connectivity index (χ3v) is 6.24. The van der Waals surface area contributed by atoms with Gasteiger partial charge in [0.1, 0.15) is 12.1 Å². The molecule has 0 aliphatic carbocycles. The number of likely N-dealkylation sites (N-methyl/N-ethyl adjacent to an activating group) is 1. The molecule has 0 radical (unpaired) electrons. The maximum absolute atomic E-state index is 12.2. The Labute approximate surface area is 198 Å². The van der Waals surface area contributed by atoms with E-state index in [4.69, 9.17) is 23.2 Å². The fraction of sp³-hybridized carbons (Fsp3) is 0.292. The molecule has 1 unspecified atom stereocenters. The number of amides is 1. The first-order valence-corrected chi connectivity index (χ1v) is 11.2. The smallest absolute Gasteiger partial charge is 0.246 e. The minimum atomic E-state index is -0.0437. The zero-order chi connectivity index (χ0) is 22.8. The normalized spacial score (nSPS) is 16.6. The van der Waals surface area contributed by atoms with Crippen LogP contribution < -0.4 is 4.90 Å². The summed E-state index contributed by atoms with van der Waals surface area (Å²) in [5.41, 5.74) is 2.66. The van der Waals surface area contributed by atoms with Gasteiger partial charge in [0.25, 0.3) is 0 Å². The predicted molar refractivity (Wildman–Crippen MR) is 131 cm³/mol. The van der Waals surface area contributed by atoms with E-state index in [1.807, 2.05) is 55.4 Å². The molecule has 1 atom stereocenters. The summed E-state index contributed by atoms with van der Waals surface area (Å²) in [4.78, 5) is 27.6. The number of hydrogen-bond donors (Lipinski definition) is 0. The van der Waals surface area contributed by atoms with E-state index in [1.54, 1.807) is 6.33 Å². The molecule has 32 heavy (non-hydrogen) atoms. The minimum Gasteiger partial charge on any atom is -0.348 e. The Balaban J connectivity index is 1.78.